The average molecular weight is 417 g/mol. The van der Waals surface area contributed by atoms with Gasteiger partial charge < -0.3 is 4.90 Å². The monoisotopic (exact) mass is 416 g/mol. The fourth-order valence-corrected chi connectivity index (χ4v) is 6.26. The van der Waals surface area contributed by atoms with Gasteiger partial charge in [0.25, 0.3) is 0 Å². The lowest BCUT2D eigenvalue weighted by molar-refractivity contribution is 0.445. The number of para-hydroxylation sites is 1. The molecular formula is C20H24N4O2S2. The number of nitrogens with zero attached hydrogens (tertiary/aromatic N) is 4. The van der Waals surface area contributed by atoms with E-state index in [1.165, 1.54) is 15.2 Å². The topological polar surface area (TPSA) is 66.4 Å². The summed E-state index contributed by atoms with van der Waals surface area (Å²) in [4.78, 5) is 11.8. The van der Waals surface area contributed by atoms with Crippen molar-refractivity contribution >= 4 is 37.4 Å². The zero-order valence-electron chi connectivity index (χ0n) is 16.1. The second kappa shape index (κ2) is 7.77. The molecule has 3 heterocycles. The fraction of sp³-hybridized carbons (Fsp3) is 0.400. The first-order valence-electron chi connectivity index (χ1n) is 9.63. The van der Waals surface area contributed by atoms with E-state index in [2.05, 4.69) is 16.0 Å². The van der Waals surface area contributed by atoms with Crippen molar-refractivity contribution in [2.75, 3.05) is 24.5 Å². The average Bonchev–Trinajstić information content (AvgIpc) is 3.35. The maximum atomic E-state index is 12.7. The molecule has 0 aliphatic carbocycles. The summed E-state index contributed by atoms with van der Waals surface area (Å²) in [5.41, 5.74) is 1.03. The summed E-state index contributed by atoms with van der Waals surface area (Å²) in [7, 11) is -3.48. The van der Waals surface area contributed by atoms with Crippen molar-refractivity contribution in [2.24, 2.45) is 0 Å². The van der Waals surface area contributed by atoms with Crippen LogP contribution in [-0.4, -0.2) is 42.3 Å². The highest BCUT2D eigenvalue weighted by Gasteiger charge is 2.30. The van der Waals surface area contributed by atoms with E-state index in [0.717, 1.165) is 35.7 Å². The summed E-state index contributed by atoms with van der Waals surface area (Å²) in [5.74, 6) is 0.806. The van der Waals surface area contributed by atoms with Crippen molar-refractivity contribution in [3.63, 3.8) is 0 Å². The van der Waals surface area contributed by atoms with Gasteiger partial charge >= 0.3 is 0 Å². The maximum Gasteiger partial charge on any atom is 0.244 e. The van der Waals surface area contributed by atoms with Crippen LogP contribution < -0.4 is 4.90 Å². The number of hydrogen-bond acceptors (Lipinski definition) is 6. The molecule has 1 aliphatic rings. The molecule has 1 aliphatic heterocycles. The molecule has 1 fully saturated rings. The van der Waals surface area contributed by atoms with Crippen LogP contribution >= 0.6 is 11.3 Å². The lowest BCUT2D eigenvalue weighted by atomic mass is 10.2. The summed E-state index contributed by atoms with van der Waals surface area (Å²) in [6.45, 7) is 5.49. The molecule has 1 atom stereocenters. The van der Waals surface area contributed by atoms with Crippen molar-refractivity contribution in [3.8, 4) is 0 Å². The van der Waals surface area contributed by atoms with Gasteiger partial charge in [-0.2, -0.15) is 4.31 Å². The molecule has 0 radical (unpaired) electrons. The first kappa shape index (κ1) is 19.3. The number of aromatic nitrogens is 2. The van der Waals surface area contributed by atoms with Crippen LogP contribution in [0.15, 0.2) is 47.5 Å². The third kappa shape index (κ3) is 3.40. The van der Waals surface area contributed by atoms with Gasteiger partial charge in [-0.15, -0.1) is 11.3 Å². The molecule has 148 valence electrons. The third-order valence-electron chi connectivity index (χ3n) is 5.21. The zero-order valence-corrected chi connectivity index (χ0v) is 17.7. The van der Waals surface area contributed by atoms with E-state index in [0.29, 0.717) is 13.1 Å². The van der Waals surface area contributed by atoms with Crippen LogP contribution in [0.25, 0.3) is 10.2 Å². The number of pyridine rings is 1. The molecule has 0 saturated carbocycles. The Morgan fingerprint density at radius 2 is 1.96 bits per heavy atom. The highest BCUT2D eigenvalue weighted by molar-refractivity contribution is 7.89. The Balaban J connectivity index is 1.61. The second-order valence-corrected chi connectivity index (χ2v) is 9.81. The van der Waals surface area contributed by atoms with E-state index in [1.807, 2.05) is 38.1 Å². The molecule has 0 bridgehead atoms. The smallest absolute Gasteiger partial charge is 0.244 e. The molecule has 4 rings (SSSR count). The van der Waals surface area contributed by atoms with Gasteiger partial charge in [0, 0.05) is 25.8 Å². The van der Waals surface area contributed by atoms with Gasteiger partial charge in [-0.3, -0.25) is 0 Å². The molecule has 8 heteroatoms. The molecule has 6 nitrogen and oxygen atoms in total. The van der Waals surface area contributed by atoms with Gasteiger partial charge in [-0.1, -0.05) is 26.0 Å². The van der Waals surface area contributed by atoms with E-state index in [9.17, 15) is 8.42 Å². The minimum Gasteiger partial charge on any atom is -0.347 e. The minimum absolute atomic E-state index is 0.190. The predicted molar refractivity (Wildman–Crippen MR) is 113 cm³/mol. The van der Waals surface area contributed by atoms with Crippen molar-refractivity contribution in [2.45, 2.75) is 37.6 Å². The van der Waals surface area contributed by atoms with Crippen LogP contribution in [0, 0.1) is 0 Å². The highest BCUT2D eigenvalue weighted by atomic mass is 32.2. The lowest BCUT2D eigenvalue weighted by Gasteiger charge is -2.24. The summed E-state index contributed by atoms with van der Waals surface area (Å²) < 4.78 is 28.0. The van der Waals surface area contributed by atoms with Crippen LogP contribution in [-0.2, 0) is 10.0 Å². The Hall–Kier alpha value is -2.03. The Labute approximate surface area is 169 Å². The van der Waals surface area contributed by atoms with Crippen LogP contribution in [0.4, 0.5) is 5.82 Å². The Bertz CT molecular complexity index is 1030. The number of rotatable bonds is 6. The summed E-state index contributed by atoms with van der Waals surface area (Å²) in [5, 5.41) is 1.10. The van der Waals surface area contributed by atoms with Crippen molar-refractivity contribution in [1.29, 1.82) is 0 Å². The third-order valence-corrected chi connectivity index (χ3v) is 8.38. The molecule has 2 aromatic heterocycles. The second-order valence-electron chi connectivity index (χ2n) is 6.81. The minimum atomic E-state index is -3.48. The van der Waals surface area contributed by atoms with E-state index in [-0.39, 0.29) is 10.9 Å². The van der Waals surface area contributed by atoms with Gasteiger partial charge in [-0.25, -0.2) is 18.4 Å². The highest BCUT2D eigenvalue weighted by Crippen LogP contribution is 2.38. The van der Waals surface area contributed by atoms with Crippen LogP contribution in [0.1, 0.15) is 37.7 Å². The Morgan fingerprint density at radius 3 is 2.64 bits per heavy atom. The van der Waals surface area contributed by atoms with Crippen molar-refractivity contribution in [3.05, 3.63) is 47.6 Å². The largest absolute Gasteiger partial charge is 0.347 e. The number of anilines is 1. The predicted octanol–water partition coefficient (Wildman–Crippen LogP) is 4.06. The molecule has 0 N–H and O–H groups in total. The summed E-state index contributed by atoms with van der Waals surface area (Å²) in [6.07, 6.45) is 3.58. The van der Waals surface area contributed by atoms with Crippen LogP contribution in [0.5, 0.6) is 0 Å². The van der Waals surface area contributed by atoms with Gasteiger partial charge in [-0.05, 0) is 37.1 Å². The molecule has 1 saturated heterocycles. The molecule has 0 spiro atoms. The number of fused-ring (bicyclic) bond motifs is 1. The first-order valence-corrected chi connectivity index (χ1v) is 11.9. The molecule has 1 aromatic carbocycles. The summed E-state index contributed by atoms with van der Waals surface area (Å²) in [6, 6.07) is 11.9. The normalized spacial score (nSPS) is 17.7. The molecule has 0 unspecified atom stereocenters. The quantitative estimate of drug-likeness (QED) is 0.606. The zero-order chi connectivity index (χ0) is 19.7. The maximum absolute atomic E-state index is 12.7. The molecule has 3 aromatic rings. The van der Waals surface area contributed by atoms with E-state index in [1.54, 1.807) is 17.4 Å². The van der Waals surface area contributed by atoms with Gasteiger partial charge in [0.2, 0.25) is 10.0 Å². The van der Waals surface area contributed by atoms with Gasteiger partial charge in [0.15, 0.2) is 0 Å². The number of thiazole rings is 1. The first-order chi connectivity index (χ1) is 13.5. The lowest BCUT2D eigenvalue weighted by Crippen LogP contribution is -2.31. The van der Waals surface area contributed by atoms with E-state index >= 15 is 0 Å². The van der Waals surface area contributed by atoms with Crippen molar-refractivity contribution < 1.29 is 8.42 Å². The SMILES string of the molecule is CCN(CC)S(=O)(=O)c1ccc(N2CCC[C@H]2c2nc3ccccc3s2)nc1. The number of hydrogen-bond donors (Lipinski definition) is 0. The molecular weight excluding hydrogens is 392 g/mol. The molecule has 0 amide bonds. The number of benzene rings is 1. The number of sulfonamides is 1. The fourth-order valence-electron chi connectivity index (χ4n) is 3.74. The summed E-state index contributed by atoms with van der Waals surface area (Å²) >= 11 is 1.73. The van der Waals surface area contributed by atoms with Gasteiger partial charge in [0.05, 0.1) is 16.3 Å². The Kier molecular flexibility index (Phi) is 5.35. The van der Waals surface area contributed by atoms with E-state index < -0.39 is 10.0 Å². The van der Waals surface area contributed by atoms with Crippen LogP contribution in [0.2, 0.25) is 0 Å². The molecule has 28 heavy (non-hydrogen) atoms. The Morgan fingerprint density at radius 1 is 1.18 bits per heavy atom. The van der Waals surface area contributed by atoms with E-state index in [4.69, 9.17) is 4.98 Å². The van der Waals surface area contributed by atoms with Gasteiger partial charge in [0.1, 0.15) is 15.7 Å². The van der Waals surface area contributed by atoms with Crippen LogP contribution in [0.3, 0.4) is 0 Å². The van der Waals surface area contributed by atoms with Crippen molar-refractivity contribution in [1.82, 2.24) is 14.3 Å². The standard InChI is InChI=1S/C20H24N4O2S2/c1-3-23(4-2)28(25,26)15-11-12-19(21-14-15)24-13-7-9-17(24)20-22-16-8-5-6-10-18(16)27-20/h5-6,8,10-12,14,17H,3-4,7,9,13H2,1-2H3/t17-/m0/s1.